The van der Waals surface area contributed by atoms with Gasteiger partial charge in [0.15, 0.2) is 22.6 Å². The van der Waals surface area contributed by atoms with Crippen LogP contribution in [0, 0.1) is 0 Å². The van der Waals surface area contributed by atoms with Crippen molar-refractivity contribution in [2.75, 3.05) is 5.32 Å². The molecule has 0 aliphatic heterocycles. The van der Waals surface area contributed by atoms with Gasteiger partial charge < -0.3 is 5.32 Å². The van der Waals surface area contributed by atoms with Crippen LogP contribution < -0.4 is 9.27 Å². The van der Waals surface area contributed by atoms with E-state index in [0.717, 1.165) is 0 Å². The van der Waals surface area contributed by atoms with Crippen LogP contribution in [-0.2, 0) is 12.8 Å². The topological polar surface area (TPSA) is 15.9 Å². The third-order valence-electron chi connectivity index (χ3n) is 3.06. The fourth-order valence-corrected chi connectivity index (χ4v) is 3.72. The Morgan fingerprint density at radius 2 is 1.81 bits per heavy atom. The van der Waals surface area contributed by atoms with Gasteiger partial charge in [-0.3, -0.25) is 0 Å². The fraction of sp³-hybridized carbons (Fsp3) is 0.769. The Bertz CT molecular complexity index is 366. The smallest absolute Gasteiger partial charge is 0.202 e. The Hall–Kier alpha value is -0.570. The van der Waals surface area contributed by atoms with Gasteiger partial charge >= 0.3 is 0 Å². The number of nitrogens with one attached hydrogen (secondary N) is 1. The molecule has 0 spiro atoms. The lowest BCUT2D eigenvalue weighted by Crippen LogP contribution is -2.36. The van der Waals surface area contributed by atoms with Crippen molar-refractivity contribution in [3.8, 4) is 0 Å². The number of hydrogen-bond acceptors (Lipinski definition) is 2. The van der Waals surface area contributed by atoms with Crippen molar-refractivity contribution in [3.05, 3.63) is 11.3 Å². The van der Waals surface area contributed by atoms with Crippen LogP contribution >= 0.6 is 11.5 Å². The maximum absolute atomic E-state index is 3.61. The lowest BCUT2D eigenvalue weighted by Gasteiger charge is -2.11. The molecular weight excluding hydrogens is 216 g/mol. The van der Waals surface area contributed by atoms with Crippen molar-refractivity contribution in [3.63, 3.8) is 0 Å². The number of anilines is 1. The summed E-state index contributed by atoms with van der Waals surface area (Å²) in [6.07, 6.45) is 5.25. The average molecular weight is 239 g/mol. The molecule has 0 bridgehead atoms. The van der Waals surface area contributed by atoms with Crippen LogP contribution in [0.25, 0.3) is 0 Å². The molecule has 3 heteroatoms. The molecule has 0 fully saturated rings. The first-order valence-corrected chi connectivity index (χ1v) is 7.20. The van der Waals surface area contributed by atoms with E-state index < -0.39 is 0 Å². The number of nitrogens with zero attached hydrogens (tertiary/aromatic N) is 1. The predicted octanol–water partition coefficient (Wildman–Crippen LogP) is 3.32. The summed E-state index contributed by atoms with van der Waals surface area (Å²) >= 11 is 1.92. The van der Waals surface area contributed by atoms with Crippen LogP contribution in [0.4, 0.5) is 5.00 Å². The summed E-state index contributed by atoms with van der Waals surface area (Å²) in [4.78, 5) is 0. The highest BCUT2D eigenvalue weighted by Crippen LogP contribution is 2.31. The molecule has 0 saturated heterocycles. The molecule has 0 aromatic carbocycles. The van der Waals surface area contributed by atoms with Gasteiger partial charge in [0, 0.05) is 12.5 Å². The Morgan fingerprint density at radius 3 is 2.44 bits per heavy atom. The van der Waals surface area contributed by atoms with E-state index in [9.17, 15) is 0 Å². The van der Waals surface area contributed by atoms with Gasteiger partial charge in [-0.15, -0.1) is 3.96 Å². The van der Waals surface area contributed by atoms with Gasteiger partial charge in [0.25, 0.3) is 0 Å². The predicted molar refractivity (Wildman–Crippen MR) is 70.3 cm³/mol. The van der Waals surface area contributed by atoms with Crippen LogP contribution in [0.2, 0.25) is 0 Å². The second kappa shape index (κ2) is 4.74. The maximum Gasteiger partial charge on any atom is 0.202 e. The second-order valence-corrected chi connectivity index (χ2v) is 6.26. The summed E-state index contributed by atoms with van der Waals surface area (Å²) in [5, 5.41) is 5.02. The standard InChI is InChI=1S/C13H22N2S/c1-9(2)14-13-11-7-5-6-8-12(11)15(16-13)10(3)4/h9-10H,5-8H2,1-4H3/p+1. The van der Waals surface area contributed by atoms with E-state index in [4.69, 9.17) is 0 Å². The highest BCUT2D eigenvalue weighted by Gasteiger charge is 2.29. The van der Waals surface area contributed by atoms with Gasteiger partial charge in [-0.2, -0.15) is 0 Å². The molecule has 90 valence electrons. The van der Waals surface area contributed by atoms with Crippen LogP contribution in [0.1, 0.15) is 57.8 Å². The summed E-state index contributed by atoms with van der Waals surface area (Å²) in [6, 6.07) is 1.13. The van der Waals surface area contributed by atoms with Gasteiger partial charge in [0.05, 0.1) is 5.56 Å². The molecule has 1 aromatic rings. The molecule has 2 rings (SSSR count). The van der Waals surface area contributed by atoms with Gasteiger partial charge in [-0.05, 0) is 47.0 Å². The number of hydrogen-bond donors (Lipinski definition) is 1. The lowest BCUT2D eigenvalue weighted by atomic mass is 9.97. The van der Waals surface area contributed by atoms with Gasteiger partial charge in [0.2, 0.25) is 5.69 Å². The molecule has 0 radical (unpaired) electrons. The zero-order chi connectivity index (χ0) is 11.7. The first kappa shape index (κ1) is 11.9. The highest BCUT2D eigenvalue weighted by molar-refractivity contribution is 7.06. The van der Waals surface area contributed by atoms with E-state index in [2.05, 4.69) is 37.0 Å². The van der Waals surface area contributed by atoms with Crippen LogP contribution in [0.3, 0.4) is 0 Å². The summed E-state index contributed by atoms with van der Waals surface area (Å²) in [7, 11) is 0. The van der Waals surface area contributed by atoms with Crippen molar-refractivity contribution in [1.29, 1.82) is 0 Å². The number of fused-ring (bicyclic) bond motifs is 1. The molecule has 1 heterocycles. The van der Waals surface area contributed by atoms with Crippen LogP contribution in [0.15, 0.2) is 0 Å². The van der Waals surface area contributed by atoms with E-state index in [0.29, 0.717) is 12.1 Å². The quantitative estimate of drug-likeness (QED) is 0.800. The third-order valence-corrected chi connectivity index (χ3v) is 4.44. The molecule has 1 aliphatic carbocycles. The van der Waals surface area contributed by atoms with Crippen molar-refractivity contribution in [2.24, 2.45) is 0 Å². The molecule has 0 saturated carbocycles. The largest absolute Gasteiger partial charge is 0.370 e. The molecule has 0 unspecified atom stereocenters. The van der Waals surface area contributed by atoms with Crippen LogP contribution in [-0.4, -0.2) is 6.04 Å². The van der Waals surface area contributed by atoms with E-state index >= 15 is 0 Å². The average Bonchev–Trinajstić information content (AvgIpc) is 2.57. The zero-order valence-electron chi connectivity index (χ0n) is 10.8. The SMILES string of the molecule is CC(C)Nc1s[n+](C(C)C)c2c1CCCC2. The normalized spacial score (nSPS) is 15.6. The van der Waals surface area contributed by atoms with Gasteiger partial charge in [0.1, 0.15) is 0 Å². The van der Waals surface area contributed by atoms with E-state index in [-0.39, 0.29) is 0 Å². The van der Waals surface area contributed by atoms with E-state index in [1.54, 1.807) is 11.3 Å². The van der Waals surface area contributed by atoms with Gasteiger partial charge in [-0.1, -0.05) is 0 Å². The first-order chi connectivity index (χ1) is 7.59. The highest BCUT2D eigenvalue weighted by atomic mass is 32.1. The summed E-state index contributed by atoms with van der Waals surface area (Å²) in [5.41, 5.74) is 3.19. The third kappa shape index (κ3) is 2.24. The monoisotopic (exact) mass is 239 g/mol. The van der Waals surface area contributed by atoms with Gasteiger partial charge in [-0.25, -0.2) is 0 Å². The van der Waals surface area contributed by atoms with Crippen molar-refractivity contribution in [1.82, 2.24) is 0 Å². The maximum atomic E-state index is 3.61. The lowest BCUT2D eigenvalue weighted by molar-refractivity contribution is -0.658. The molecule has 1 aliphatic rings. The Kier molecular flexibility index (Phi) is 3.53. The number of rotatable bonds is 3. The van der Waals surface area contributed by atoms with E-state index in [1.165, 1.54) is 30.7 Å². The minimum Gasteiger partial charge on any atom is -0.370 e. The Labute approximate surface area is 103 Å². The minimum atomic E-state index is 0.533. The van der Waals surface area contributed by atoms with Crippen molar-refractivity contribution in [2.45, 2.75) is 65.5 Å². The first-order valence-electron chi connectivity index (χ1n) is 6.42. The summed E-state index contributed by atoms with van der Waals surface area (Å²) in [6.45, 7) is 9.00. The molecule has 0 atom stereocenters. The Balaban J connectivity index is 2.38. The molecule has 1 N–H and O–H groups in total. The van der Waals surface area contributed by atoms with Crippen LogP contribution in [0.5, 0.6) is 0 Å². The second-order valence-electron chi connectivity index (χ2n) is 5.27. The number of aromatic nitrogens is 1. The minimum absolute atomic E-state index is 0.533. The van der Waals surface area contributed by atoms with E-state index in [1.807, 2.05) is 11.5 Å². The molecule has 2 nitrogen and oxygen atoms in total. The van der Waals surface area contributed by atoms with Crippen molar-refractivity contribution < 1.29 is 3.96 Å². The molecule has 0 amide bonds. The molecule has 16 heavy (non-hydrogen) atoms. The summed E-state index contributed by atoms with van der Waals surface area (Å²) in [5.74, 6) is 0. The fourth-order valence-electron chi connectivity index (χ4n) is 2.38. The molecular formula is C13H23N2S+. The zero-order valence-corrected chi connectivity index (χ0v) is 11.7. The Morgan fingerprint density at radius 1 is 1.12 bits per heavy atom. The summed E-state index contributed by atoms with van der Waals surface area (Å²) < 4.78 is 2.50. The van der Waals surface area contributed by atoms with Crippen molar-refractivity contribution >= 4 is 16.5 Å². The molecule has 1 aromatic heterocycles.